The molecule has 0 saturated carbocycles. The van der Waals surface area contributed by atoms with Crippen LogP contribution in [0.4, 0.5) is 0 Å². The summed E-state index contributed by atoms with van der Waals surface area (Å²) in [7, 11) is 1.66. The van der Waals surface area contributed by atoms with Crippen LogP contribution in [0.25, 0.3) is 11.4 Å². The van der Waals surface area contributed by atoms with Gasteiger partial charge in [0.05, 0.1) is 6.61 Å². The number of aromatic nitrogens is 5. The van der Waals surface area contributed by atoms with Crippen LogP contribution in [-0.2, 0) is 4.74 Å². The zero-order valence-electron chi connectivity index (χ0n) is 14.9. The fourth-order valence-electron chi connectivity index (χ4n) is 3.44. The molecule has 1 N–H and O–H groups in total. The van der Waals surface area contributed by atoms with Crippen molar-refractivity contribution in [3.63, 3.8) is 0 Å². The quantitative estimate of drug-likeness (QED) is 0.741. The number of aromatic amines is 1. The van der Waals surface area contributed by atoms with Gasteiger partial charge in [0.1, 0.15) is 5.82 Å². The van der Waals surface area contributed by atoms with Gasteiger partial charge in [-0.2, -0.15) is 5.10 Å². The molecule has 1 aliphatic heterocycles. The molecule has 8 nitrogen and oxygen atoms in total. The zero-order valence-corrected chi connectivity index (χ0v) is 14.9. The number of H-pyrrole nitrogens is 1. The number of carbonyl (C=O) groups is 1. The summed E-state index contributed by atoms with van der Waals surface area (Å²) >= 11 is 0. The highest BCUT2D eigenvalue weighted by Gasteiger charge is 2.39. The first-order valence-electron chi connectivity index (χ1n) is 8.79. The molecular formula is C19H20N6O2. The van der Waals surface area contributed by atoms with E-state index in [1.54, 1.807) is 30.5 Å². The SMILES string of the molecule is COC[C@@H]1CN(C(=O)c2ncccn2)C[C@H]1c1nc(-c2ccccc2)n[nH]1. The molecule has 0 aliphatic carbocycles. The van der Waals surface area contributed by atoms with Crippen molar-refractivity contribution in [2.24, 2.45) is 5.92 Å². The summed E-state index contributed by atoms with van der Waals surface area (Å²) in [6.07, 6.45) is 3.14. The summed E-state index contributed by atoms with van der Waals surface area (Å²) in [5.74, 6) is 1.58. The maximum Gasteiger partial charge on any atom is 0.291 e. The highest BCUT2D eigenvalue weighted by molar-refractivity contribution is 5.90. The first-order valence-corrected chi connectivity index (χ1v) is 8.79. The Hall–Kier alpha value is -3.13. The van der Waals surface area contributed by atoms with E-state index in [0.717, 1.165) is 11.4 Å². The van der Waals surface area contributed by atoms with E-state index < -0.39 is 0 Å². The minimum Gasteiger partial charge on any atom is -0.384 e. The van der Waals surface area contributed by atoms with E-state index >= 15 is 0 Å². The highest BCUT2D eigenvalue weighted by Crippen LogP contribution is 2.32. The monoisotopic (exact) mass is 364 g/mol. The average Bonchev–Trinajstić information content (AvgIpc) is 3.36. The summed E-state index contributed by atoms with van der Waals surface area (Å²) in [5.41, 5.74) is 0.951. The Labute approximate surface area is 156 Å². The first kappa shape index (κ1) is 17.3. The van der Waals surface area contributed by atoms with Crippen molar-refractivity contribution < 1.29 is 9.53 Å². The van der Waals surface area contributed by atoms with Gasteiger partial charge in [-0.05, 0) is 6.07 Å². The lowest BCUT2D eigenvalue weighted by Gasteiger charge is -2.14. The number of hydrogen-bond acceptors (Lipinski definition) is 6. The van der Waals surface area contributed by atoms with Gasteiger partial charge in [-0.25, -0.2) is 15.0 Å². The molecule has 1 fully saturated rings. The molecular weight excluding hydrogens is 344 g/mol. The van der Waals surface area contributed by atoms with Crippen molar-refractivity contribution in [2.75, 3.05) is 26.8 Å². The number of likely N-dealkylation sites (tertiary alicyclic amines) is 1. The van der Waals surface area contributed by atoms with Crippen molar-refractivity contribution in [1.82, 2.24) is 30.0 Å². The van der Waals surface area contributed by atoms with E-state index in [1.165, 1.54) is 0 Å². The lowest BCUT2D eigenvalue weighted by atomic mass is 9.96. The number of ether oxygens (including phenoxy) is 1. The molecule has 2 aromatic heterocycles. The molecule has 0 spiro atoms. The number of hydrogen-bond donors (Lipinski definition) is 1. The van der Waals surface area contributed by atoms with Crippen molar-refractivity contribution in [3.8, 4) is 11.4 Å². The second-order valence-electron chi connectivity index (χ2n) is 6.51. The molecule has 27 heavy (non-hydrogen) atoms. The average molecular weight is 364 g/mol. The van der Waals surface area contributed by atoms with Gasteiger partial charge in [0.25, 0.3) is 5.91 Å². The first-order chi connectivity index (χ1) is 13.3. The molecule has 1 amide bonds. The molecule has 4 rings (SSSR count). The van der Waals surface area contributed by atoms with E-state index in [4.69, 9.17) is 4.74 Å². The van der Waals surface area contributed by atoms with Crippen molar-refractivity contribution in [3.05, 3.63) is 60.4 Å². The van der Waals surface area contributed by atoms with Crippen LogP contribution >= 0.6 is 0 Å². The second-order valence-corrected chi connectivity index (χ2v) is 6.51. The van der Waals surface area contributed by atoms with Crippen LogP contribution in [-0.4, -0.2) is 62.8 Å². The van der Waals surface area contributed by atoms with Crippen LogP contribution in [0, 0.1) is 5.92 Å². The summed E-state index contributed by atoms with van der Waals surface area (Å²) in [6.45, 7) is 1.62. The van der Waals surface area contributed by atoms with Crippen LogP contribution in [0.5, 0.6) is 0 Å². The van der Waals surface area contributed by atoms with E-state index in [2.05, 4.69) is 25.1 Å². The number of rotatable bonds is 5. The lowest BCUT2D eigenvalue weighted by Crippen LogP contribution is -2.30. The Bertz CT molecular complexity index is 899. The summed E-state index contributed by atoms with van der Waals surface area (Å²) in [4.78, 5) is 27.3. The molecule has 8 heteroatoms. The number of carbonyl (C=O) groups excluding carboxylic acids is 1. The predicted molar refractivity (Wildman–Crippen MR) is 97.9 cm³/mol. The third-order valence-electron chi connectivity index (χ3n) is 4.75. The van der Waals surface area contributed by atoms with Crippen LogP contribution in [0.2, 0.25) is 0 Å². The summed E-state index contributed by atoms with van der Waals surface area (Å²) in [6, 6.07) is 11.5. The Balaban J connectivity index is 1.56. The number of methoxy groups -OCH3 is 1. The third-order valence-corrected chi connectivity index (χ3v) is 4.75. The normalized spacial score (nSPS) is 19.4. The number of nitrogens with zero attached hydrogens (tertiary/aromatic N) is 5. The second kappa shape index (κ2) is 7.63. The third kappa shape index (κ3) is 3.56. The van der Waals surface area contributed by atoms with Gasteiger partial charge in [0.2, 0.25) is 5.82 Å². The van der Waals surface area contributed by atoms with Gasteiger partial charge in [-0.3, -0.25) is 9.89 Å². The van der Waals surface area contributed by atoms with E-state index in [1.807, 2.05) is 30.3 Å². The Kier molecular flexibility index (Phi) is 4.88. The van der Waals surface area contributed by atoms with Gasteiger partial charge in [0, 0.05) is 50.0 Å². The van der Waals surface area contributed by atoms with Crippen LogP contribution in [0.15, 0.2) is 48.8 Å². The molecule has 2 atom stereocenters. The lowest BCUT2D eigenvalue weighted by molar-refractivity contribution is 0.0763. The molecule has 3 aromatic rings. The topological polar surface area (TPSA) is 96.9 Å². The molecule has 0 unspecified atom stereocenters. The maximum absolute atomic E-state index is 12.7. The van der Waals surface area contributed by atoms with Crippen LogP contribution < -0.4 is 0 Å². The van der Waals surface area contributed by atoms with E-state index in [9.17, 15) is 4.79 Å². The summed E-state index contributed by atoms with van der Waals surface area (Å²) in [5, 5.41) is 7.40. The van der Waals surface area contributed by atoms with E-state index in [-0.39, 0.29) is 23.6 Å². The minimum absolute atomic E-state index is 0.0163. The maximum atomic E-state index is 12.7. The molecule has 138 valence electrons. The van der Waals surface area contributed by atoms with Gasteiger partial charge in [-0.1, -0.05) is 30.3 Å². The van der Waals surface area contributed by atoms with Gasteiger partial charge in [-0.15, -0.1) is 0 Å². The van der Waals surface area contributed by atoms with Crippen molar-refractivity contribution in [1.29, 1.82) is 0 Å². The van der Waals surface area contributed by atoms with Crippen molar-refractivity contribution in [2.45, 2.75) is 5.92 Å². The standard InChI is InChI=1S/C19H20N6O2/c1-27-12-14-10-25(19(26)18-20-8-5-9-21-18)11-15(14)17-22-16(23-24-17)13-6-3-2-4-7-13/h2-9,14-15H,10-12H2,1H3,(H,22,23,24)/t14-,15+/m0/s1. The van der Waals surface area contributed by atoms with Gasteiger partial charge in [0.15, 0.2) is 5.82 Å². The molecule has 1 aliphatic rings. The fraction of sp³-hybridized carbons (Fsp3) is 0.316. The molecule has 0 radical (unpaired) electrons. The molecule has 3 heterocycles. The minimum atomic E-state index is -0.179. The summed E-state index contributed by atoms with van der Waals surface area (Å²) < 4.78 is 5.37. The Morgan fingerprint density at radius 1 is 1.19 bits per heavy atom. The number of benzene rings is 1. The van der Waals surface area contributed by atoms with Crippen molar-refractivity contribution >= 4 is 5.91 Å². The van der Waals surface area contributed by atoms with Gasteiger partial charge < -0.3 is 9.64 Å². The van der Waals surface area contributed by atoms with Gasteiger partial charge >= 0.3 is 0 Å². The molecule has 1 aromatic carbocycles. The fourth-order valence-corrected chi connectivity index (χ4v) is 3.44. The zero-order chi connectivity index (χ0) is 18.6. The largest absolute Gasteiger partial charge is 0.384 e. The number of nitrogens with one attached hydrogen (secondary N) is 1. The molecule has 1 saturated heterocycles. The molecule has 0 bridgehead atoms. The Morgan fingerprint density at radius 3 is 2.70 bits per heavy atom. The van der Waals surface area contributed by atoms with Crippen LogP contribution in [0.1, 0.15) is 22.4 Å². The van der Waals surface area contributed by atoms with E-state index in [0.29, 0.717) is 25.5 Å². The number of amides is 1. The van der Waals surface area contributed by atoms with Crippen LogP contribution in [0.3, 0.4) is 0 Å². The smallest absolute Gasteiger partial charge is 0.291 e. The predicted octanol–water partition coefficient (Wildman–Crippen LogP) is 1.76. The highest BCUT2D eigenvalue weighted by atomic mass is 16.5. The Morgan fingerprint density at radius 2 is 1.96 bits per heavy atom.